The maximum absolute atomic E-state index is 12.2. The van der Waals surface area contributed by atoms with E-state index in [0.29, 0.717) is 31.2 Å². The van der Waals surface area contributed by atoms with Crippen LogP contribution in [0, 0.1) is 6.92 Å². The first-order valence-electron chi connectivity index (χ1n) is 9.96. The smallest absolute Gasteiger partial charge is 0.251 e. The fourth-order valence-corrected chi connectivity index (χ4v) is 2.61. The molecule has 2 aromatic rings. The van der Waals surface area contributed by atoms with Gasteiger partial charge in [0.25, 0.3) is 5.91 Å². The van der Waals surface area contributed by atoms with Crippen molar-refractivity contribution < 1.29 is 9.53 Å². The Balaban J connectivity index is 1.73. The number of anilines is 2. The van der Waals surface area contributed by atoms with E-state index in [9.17, 15) is 4.79 Å². The van der Waals surface area contributed by atoms with Crippen LogP contribution in [0.4, 0.5) is 11.8 Å². The van der Waals surface area contributed by atoms with Gasteiger partial charge < -0.3 is 20.7 Å². The van der Waals surface area contributed by atoms with Gasteiger partial charge in [0.15, 0.2) is 0 Å². The number of nitrogens with one attached hydrogen (secondary N) is 3. The number of hydrogen-bond donors (Lipinski definition) is 3. The fourth-order valence-electron chi connectivity index (χ4n) is 2.61. The SMILES string of the molecule is CCCCCOc1ccc(C(=O)NCCNc2cc(C)nc(NCC)n2)cc1. The zero-order valence-corrected chi connectivity index (χ0v) is 17.0. The Hall–Kier alpha value is -2.83. The van der Waals surface area contributed by atoms with E-state index < -0.39 is 0 Å². The summed E-state index contributed by atoms with van der Waals surface area (Å²) in [4.78, 5) is 20.9. The number of ether oxygens (including phenoxy) is 1. The Bertz CT molecular complexity index is 734. The molecule has 1 aromatic carbocycles. The molecule has 0 atom stereocenters. The van der Waals surface area contributed by atoms with Gasteiger partial charge in [-0.2, -0.15) is 4.98 Å². The zero-order valence-electron chi connectivity index (χ0n) is 17.0. The van der Waals surface area contributed by atoms with Crippen LogP contribution < -0.4 is 20.7 Å². The minimum Gasteiger partial charge on any atom is -0.494 e. The van der Waals surface area contributed by atoms with E-state index >= 15 is 0 Å². The van der Waals surface area contributed by atoms with Crippen LogP contribution in [0.5, 0.6) is 5.75 Å². The molecule has 1 aromatic heterocycles. The molecule has 0 unspecified atom stereocenters. The fraction of sp³-hybridized carbons (Fsp3) is 0.476. The summed E-state index contributed by atoms with van der Waals surface area (Å²) in [7, 11) is 0. The predicted octanol–water partition coefficient (Wildman–Crippen LogP) is 3.63. The van der Waals surface area contributed by atoms with E-state index in [1.165, 1.54) is 12.8 Å². The Labute approximate surface area is 167 Å². The lowest BCUT2D eigenvalue weighted by Crippen LogP contribution is -2.28. The van der Waals surface area contributed by atoms with E-state index in [2.05, 4.69) is 32.8 Å². The lowest BCUT2D eigenvalue weighted by atomic mass is 10.2. The van der Waals surface area contributed by atoms with Crippen molar-refractivity contribution in [3.05, 3.63) is 41.6 Å². The number of rotatable bonds is 12. The van der Waals surface area contributed by atoms with Crippen LogP contribution in [0.2, 0.25) is 0 Å². The molecule has 3 N–H and O–H groups in total. The zero-order chi connectivity index (χ0) is 20.2. The molecule has 0 saturated heterocycles. The number of unbranched alkanes of at least 4 members (excludes halogenated alkanes) is 2. The van der Waals surface area contributed by atoms with Gasteiger partial charge in [-0.15, -0.1) is 0 Å². The topological polar surface area (TPSA) is 88.2 Å². The summed E-state index contributed by atoms with van der Waals surface area (Å²) in [6.07, 6.45) is 3.39. The van der Waals surface area contributed by atoms with Crippen LogP contribution in [-0.4, -0.2) is 42.1 Å². The maximum atomic E-state index is 12.2. The summed E-state index contributed by atoms with van der Waals surface area (Å²) >= 11 is 0. The van der Waals surface area contributed by atoms with Crippen LogP contribution in [0.1, 0.15) is 49.2 Å². The molecule has 1 heterocycles. The Morgan fingerprint density at radius 3 is 2.54 bits per heavy atom. The second kappa shape index (κ2) is 11.8. The molecule has 7 nitrogen and oxygen atoms in total. The van der Waals surface area contributed by atoms with E-state index in [-0.39, 0.29) is 5.91 Å². The lowest BCUT2D eigenvalue weighted by molar-refractivity contribution is 0.0955. The second-order valence-electron chi connectivity index (χ2n) is 6.51. The molecule has 0 bridgehead atoms. The van der Waals surface area contributed by atoms with Crippen LogP contribution in [0.15, 0.2) is 30.3 Å². The second-order valence-corrected chi connectivity index (χ2v) is 6.51. The molecule has 0 radical (unpaired) electrons. The number of amides is 1. The van der Waals surface area contributed by atoms with Gasteiger partial charge in [-0.3, -0.25) is 4.79 Å². The normalized spacial score (nSPS) is 10.4. The molecule has 0 spiro atoms. The molecule has 0 aliphatic heterocycles. The lowest BCUT2D eigenvalue weighted by Gasteiger charge is -2.10. The van der Waals surface area contributed by atoms with Gasteiger partial charge in [0.1, 0.15) is 11.6 Å². The summed E-state index contributed by atoms with van der Waals surface area (Å²) in [6, 6.07) is 9.13. The summed E-state index contributed by atoms with van der Waals surface area (Å²) in [5.74, 6) is 2.03. The largest absolute Gasteiger partial charge is 0.494 e. The number of carbonyl (C=O) groups is 1. The van der Waals surface area contributed by atoms with E-state index in [0.717, 1.165) is 30.2 Å². The molecule has 0 saturated carbocycles. The standard InChI is InChI=1S/C21H31N5O2/c1-4-6-7-14-28-18-10-8-17(9-11-18)20(27)24-13-12-23-19-15-16(3)25-21(26-19)22-5-2/h8-11,15H,4-7,12-14H2,1-3H3,(H,24,27)(H2,22,23,25,26). The summed E-state index contributed by atoms with van der Waals surface area (Å²) in [5, 5.41) is 9.21. The average molecular weight is 386 g/mol. The molecule has 0 fully saturated rings. The Morgan fingerprint density at radius 1 is 1.04 bits per heavy atom. The number of aryl methyl sites for hydroxylation is 1. The molecular weight excluding hydrogens is 354 g/mol. The van der Waals surface area contributed by atoms with Gasteiger partial charge in [0, 0.05) is 37.0 Å². The number of nitrogens with zero attached hydrogens (tertiary/aromatic N) is 2. The van der Waals surface area contributed by atoms with Crippen molar-refractivity contribution in [2.24, 2.45) is 0 Å². The summed E-state index contributed by atoms with van der Waals surface area (Å²) in [6.45, 7) is 8.63. The Morgan fingerprint density at radius 2 is 1.82 bits per heavy atom. The minimum absolute atomic E-state index is 0.105. The third kappa shape index (κ3) is 7.42. The van der Waals surface area contributed by atoms with Gasteiger partial charge in [-0.05, 0) is 44.5 Å². The number of hydrogen-bond acceptors (Lipinski definition) is 6. The summed E-state index contributed by atoms with van der Waals surface area (Å²) < 4.78 is 5.67. The number of benzene rings is 1. The highest BCUT2D eigenvalue weighted by molar-refractivity contribution is 5.94. The van der Waals surface area contributed by atoms with Crippen molar-refractivity contribution in [1.82, 2.24) is 15.3 Å². The molecule has 28 heavy (non-hydrogen) atoms. The van der Waals surface area contributed by atoms with Crippen LogP contribution in [0.25, 0.3) is 0 Å². The molecular formula is C21H31N5O2. The van der Waals surface area contributed by atoms with Crippen LogP contribution in [-0.2, 0) is 0 Å². The van der Waals surface area contributed by atoms with E-state index in [4.69, 9.17) is 4.74 Å². The van der Waals surface area contributed by atoms with Crippen molar-refractivity contribution in [1.29, 1.82) is 0 Å². The highest BCUT2D eigenvalue weighted by Crippen LogP contribution is 2.13. The van der Waals surface area contributed by atoms with Gasteiger partial charge in [0.05, 0.1) is 6.61 Å². The van der Waals surface area contributed by atoms with Crippen molar-refractivity contribution in [3.63, 3.8) is 0 Å². The highest BCUT2D eigenvalue weighted by atomic mass is 16.5. The minimum atomic E-state index is -0.105. The van der Waals surface area contributed by atoms with Gasteiger partial charge in [0.2, 0.25) is 5.95 Å². The number of aromatic nitrogens is 2. The van der Waals surface area contributed by atoms with Crippen LogP contribution in [0.3, 0.4) is 0 Å². The van der Waals surface area contributed by atoms with Crippen molar-refractivity contribution in [3.8, 4) is 5.75 Å². The molecule has 0 aliphatic carbocycles. The molecule has 2 rings (SSSR count). The van der Waals surface area contributed by atoms with E-state index in [1.54, 1.807) is 12.1 Å². The van der Waals surface area contributed by atoms with Gasteiger partial charge in [-0.25, -0.2) is 4.98 Å². The third-order valence-corrected chi connectivity index (χ3v) is 4.04. The highest BCUT2D eigenvalue weighted by Gasteiger charge is 2.06. The molecule has 7 heteroatoms. The average Bonchev–Trinajstić information content (AvgIpc) is 2.69. The van der Waals surface area contributed by atoms with E-state index in [1.807, 2.05) is 32.0 Å². The summed E-state index contributed by atoms with van der Waals surface area (Å²) in [5.41, 5.74) is 1.50. The van der Waals surface area contributed by atoms with Crippen molar-refractivity contribution in [2.45, 2.75) is 40.0 Å². The predicted molar refractivity (Wildman–Crippen MR) is 113 cm³/mol. The molecule has 1 amide bonds. The monoisotopic (exact) mass is 385 g/mol. The van der Waals surface area contributed by atoms with Gasteiger partial charge in [-0.1, -0.05) is 19.8 Å². The first kappa shape index (κ1) is 21.5. The molecule has 152 valence electrons. The van der Waals surface area contributed by atoms with Gasteiger partial charge >= 0.3 is 0 Å². The molecule has 0 aliphatic rings. The van der Waals surface area contributed by atoms with Crippen molar-refractivity contribution >= 4 is 17.7 Å². The van der Waals surface area contributed by atoms with Crippen LogP contribution >= 0.6 is 0 Å². The number of carbonyl (C=O) groups excluding carboxylic acids is 1. The maximum Gasteiger partial charge on any atom is 0.251 e. The first-order valence-corrected chi connectivity index (χ1v) is 9.96. The quantitative estimate of drug-likeness (QED) is 0.484. The first-order chi connectivity index (χ1) is 13.6. The third-order valence-electron chi connectivity index (χ3n) is 4.04. The van der Waals surface area contributed by atoms with Crippen molar-refractivity contribution in [2.75, 3.05) is 36.9 Å². The Kier molecular flexibility index (Phi) is 9.04.